The number of carbonyl (C=O) groups is 2. The highest BCUT2D eigenvalue weighted by Crippen LogP contribution is 2.28. The van der Waals surface area contributed by atoms with E-state index in [-0.39, 0.29) is 11.4 Å². The van der Waals surface area contributed by atoms with Crippen LogP contribution in [0.25, 0.3) is 0 Å². The van der Waals surface area contributed by atoms with Crippen LogP contribution in [0.2, 0.25) is 0 Å². The van der Waals surface area contributed by atoms with E-state index in [4.69, 9.17) is 14.2 Å². The number of benzene rings is 2. The molecule has 0 radical (unpaired) electrons. The molecule has 0 saturated heterocycles. The van der Waals surface area contributed by atoms with Crippen LogP contribution in [0.3, 0.4) is 0 Å². The van der Waals surface area contributed by atoms with Crippen molar-refractivity contribution in [1.29, 1.82) is 0 Å². The molecule has 6 nitrogen and oxygen atoms in total. The van der Waals surface area contributed by atoms with E-state index in [1.165, 1.54) is 32.2 Å². The van der Waals surface area contributed by atoms with E-state index >= 15 is 0 Å². The average Bonchev–Trinajstić information content (AvgIpc) is 2.69. The summed E-state index contributed by atoms with van der Waals surface area (Å²) in [6, 6.07) is 10.7. The van der Waals surface area contributed by atoms with Gasteiger partial charge in [-0.25, -0.2) is 9.18 Å². The van der Waals surface area contributed by atoms with Crippen LogP contribution in [-0.4, -0.2) is 38.2 Å². The molecular weight excluding hydrogens is 365 g/mol. The average molecular weight is 389 g/mol. The Morgan fingerprint density at radius 1 is 1.11 bits per heavy atom. The molecule has 0 unspecified atom stereocenters. The van der Waals surface area contributed by atoms with Gasteiger partial charge in [0.2, 0.25) is 0 Å². The minimum absolute atomic E-state index is 0.256. The summed E-state index contributed by atoms with van der Waals surface area (Å²) in [5.41, 5.74) is 1.15. The van der Waals surface area contributed by atoms with Crippen LogP contribution < -0.4 is 14.8 Å². The van der Waals surface area contributed by atoms with Crippen LogP contribution in [0.1, 0.15) is 29.8 Å². The highest BCUT2D eigenvalue weighted by Gasteiger charge is 2.20. The lowest BCUT2D eigenvalue weighted by Crippen LogP contribution is -2.36. The summed E-state index contributed by atoms with van der Waals surface area (Å²) in [7, 11) is 1.48. The number of hydrogen-bond acceptors (Lipinski definition) is 5. The Morgan fingerprint density at radius 2 is 1.82 bits per heavy atom. The van der Waals surface area contributed by atoms with E-state index in [1.54, 1.807) is 24.3 Å². The van der Waals surface area contributed by atoms with Gasteiger partial charge < -0.3 is 19.5 Å². The number of ether oxygens (including phenoxy) is 3. The molecule has 0 spiro atoms. The number of carbonyl (C=O) groups excluding carboxylic acids is 2. The molecule has 0 aliphatic heterocycles. The molecule has 0 aromatic heterocycles. The topological polar surface area (TPSA) is 73.9 Å². The molecule has 0 heterocycles. The summed E-state index contributed by atoms with van der Waals surface area (Å²) >= 11 is 0. The molecule has 0 aliphatic rings. The predicted molar refractivity (Wildman–Crippen MR) is 102 cm³/mol. The van der Waals surface area contributed by atoms with E-state index in [2.05, 4.69) is 5.32 Å². The largest absolute Gasteiger partial charge is 0.493 e. The monoisotopic (exact) mass is 389 g/mol. The molecule has 28 heavy (non-hydrogen) atoms. The number of esters is 1. The number of hydrogen-bond donors (Lipinski definition) is 1. The summed E-state index contributed by atoms with van der Waals surface area (Å²) < 4.78 is 28.7. The maximum Gasteiger partial charge on any atom is 0.339 e. The lowest BCUT2D eigenvalue weighted by atomic mass is 10.1. The van der Waals surface area contributed by atoms with Crippen LogP contribution in [-0.2, 0) is 16.0 Å². The molecule has 0 bridgehead atoms. The number of rotatable bonds is 9. The molecule has 150 valence electrons. The van der Waals surface area contributed by atoms with Gasteiger partial charge in [-0.3, -0.25) is 4.79 Å². The Hall–Kier alpha value is -3.09. The van der Waals surface area contributed by atoms with Gasteiger partial charge in [0, 0.05) is 6.54 Å². The molecule has 0 aliphatic carbocycles. The first kappa shape index (κ1) is 21.2. The van der Waals surface area contributed by atoms with E-state index in [1.807, 2.05) is 6.92 Å². The fourth-order valence-corrected chi connectivity index (χ4v) is 2.48. The fraction of sp³-hybridized carbons (Fsp3) is 0.333. The van der Waals surface area contributed by atoms with E-state index in [0.717, 1.165) is 5.56 Å². The van der Waals surface area contributed by atoms with Gasteiger partial charge in [-0.2, -0.15) is 0 Å². The van der Waals surface area contributed by atoms with Gasteiger partial charge in [0.05, 0.1) is 19.3 Å². The van der Waals surface area contributed by atoms with Crippen LogP contribution >= 0.6 is 0 Å². The molecule has 1 N–H and O–H groups in total. The van der Waals surface area contributed by atoms with Gasteiger partial charge in [0.25, 0.3) is 5.91 Å². The SMILES string of the molecule is CCOc1ccc(C(=O)O[C@@H](C)C(=O)NCCc2ccc(F)cc2)cc1OC. The van der Waals surface area contributed by atoms with E-state index < -0.39 is 18.0 Å². The molecule has 1 amide bonds. The van der Waals surface area contributed by atoms with Crippen LogP contribution in [0.15, 0.2) is 42.5 Å². The first-order valence-corrected chi connectivity index (χ1v) is 8.98. The Kier molecular flexibility index (Phi) is 7.80. The smallest absolute Gasteiger partial charge is 0.339 e. The zero-order valence-electron chi connectivity index (χ0n) is 16.2. The van der Waals surface area contributed by atoms with E-state index in [0.29, 0.717) is 31.1 Å². The van der Waals surface area contributed by atoms with Crippen LogP contribution in [0.4, 0.5) is 4.39 Å². The Balaban J connectivity index is 1.86. The Morgan fingerprint density at radius 3 is 2.46 bits per heavy atom. The zero-order chi connectivity index (χ0) is 20.5. The Labute approximate surface area is 163 Å². The first-order valence-electron chi connectivity index (χ1n) is 8.98. The van der Waals surface area contributed by atoms with Crippen molar-refractivity contribution in [2.24, 2.45) is 0 Å². The predicted octanol–water partition coefficient (Wildman–Crippen LogP) is 3.14. The maximum atomic E-state index is 12.9. The van der Waals surface area contributed by atoms with Gasteiger partial charge >= 0.3 is 5.97 Å². The molecular formula is C21H24FNO5. The molecule has 2 aromatic rings. The van der Waals surface area contributed by atoms with Crippen LogP contribution in [0.5, 0.6) is 11.5 Å². The number of amides is 1. The highest BCUT2D eigenvalue weighted by atomic mass is 19.1. The van der Waals surface area contributed by atoms with Gasteiger partial charge in [-0.1, -0.05) is 12.1 Å². The van der Waals surface area contributed by atoms with Gasteiger partial charge in [-0.15, -0.1) is 0 Å². The second-order valence-corrected chi connectivity index (χ2v) is 6.01. The van der Waals surface area contributed by atoms with Crippen molar-refractivity contribution >= 4 is 11.9 Å². The van der Waals surface area contributed by atoms with Gasteiger partial charge in [-0.05, 0) is 56.2 Å². The van der Waals surface area contributed by atoms with Crippen molar-refractivity contribution < 1.29 is 28.2 Å². The quantitative estimate of drug-likeness (QED) is 0.667. The van der Waals surface area contributed by atoms with Crippen molar-refractivity contribution in [3.8, 4) is 11.5 Å². The van der Waals surface area contributed by atoms with Crippen molar-refractivity contribution in [3.05, 3.63) is 59.4 Å². The Bertz CT molecular complexity index is 807. The maximum absolute atomic E-state index is 12.9. The van der Waals surface area contributed by atoms with E-state index in [9.17, 15) is 14.0 Å². The van der Waals surface area contributed by atoms with Crippen LogP contribution in [0, 0.1) is 5.82 Å². The second kappa shape index (κ2) is 10.3. The summed E-state index contributed by atoms with van der Waals surface area (Å²) in [6.45, 7) is 4.16. The van der Waals surface area contributed by atoms with Gasteiger partial charge in [0.1, 0.15) is 5.82 Å². The zero-order valence-corrected chi connectivity index (χ0v) is 16.2. The van der Waals surface area contributed by atoms with Gasteiger partial charge in [0.15, 0.2) is 17.6 Å². The second-order valence-electron chi connectivity index (χ2n) is 6.01. The first-order chi connectivity index (χ1) is 13.4. The number of methoxy groups -OCH3 is 1. The van der Waals surface area contributed by atoms with Crippen molar-refractivity contribution in [1.82, 2.24) is 5.32 Å². The third kappa shape index (κ3) is 5.97. The third-order valence-electron chi connectivity index (χ3n) is 3.98. The molecule has 0 saturated carbocycles. The highest BCUT2D eigenvalue weighted by molar-refractivity contribution is 5.92. The minimum Gasteiger partial charge on any atom is -0.493 e. The van der Waals surface area contributed by atoms with Crippen molar-refractivity contribution in [2.45, 2.75) is 26.4 Å². The summed E-state index contributed by atoms with van der Waals surface area (Å²) in [5, 5.41) is 2.70. The summed E-state index contributed by atoms with van der Waals surface area (Å²) in [5.74, 6) is -0.420. The normalized spacial score (nSPS) is 11.4. The molecule has 2 rings (SSSR count). The van der Waals surface area contributed by atoms with Crippen molar-refractivity contribution in [3.63, 3.8) is 0 Å². The minimum atomic E-state index is -0.960. The fourth-order valence-electron chi connectivity index (χ4n) is 2.48. The molecule has 1 atom stereocenters. The summed E-state index contributed by atoms with van der Waals surface area (Å²) in [6.07, 6.45) is -0.416. The lowest BCUT2D eigenvalue weighted by Gasteiger charge is -2.15. The molecule has 0 fully saturated rings. The third-order valence-corrected chi connectivity index (χ3v) is 3.98. The lowest BCUT2D eigenvalue weighted by molar-refractivity contribution is -0.129. The summed E-state index contributed by atoms with van der Waals surface area (Å²) in [4.78, 5) is 24.4. The number of nitrogens with one attached hydrogen (secondary N) is 1. The molecule has 7 heteroatoms. The van der Waals surface area contributed by atoms with Crippen molar-refractivity contribution in [2.75, 3.05) is 20.3 Å². The standard InChI is InChI=1S/C21H24FNO5/c1-4-27-18-10-7-16(13-19(18)26-3)21(25)28-14(2)20(24)23-12-11-15-5-8-17(22)9-6-15/h5-10,13-14H,4,11-12H2,1-3H3,(H,23,24)/t14-/m0/s1. The molecule has 2 aromatic carbocycles. The number of halogens is 1.